The van der Waals surface area contributed by atoms with Crippen LogP contribution in [-0.2, 0) is 0 Å². The summed E-state index contributed by atoms with van der Waals surface area (Å²) in [7, 11) is 0. The zero-order valence-electron chi connectivity index (χ0n) is 8.62. The Kier molecular flexibility index (Phi) is 6.02. The summed E-state index contributed by atoms with van der Waals surface area (Å²) in [4.78, 5) is 0. The van der Waals surface area contributed by atoms with Crippen molar-refractivity contribution in [2.75, 3.05) is 0 Å². The van der Waals surface area contributed by atoms with E-state index in [1.165, 1.54) is 6.92 Å². The minimum Gasteiger partial charge on any atom is -0.322 e. The van der Waals surface area contributed by atoms with Crippen LogP contribution in [-0.4, -0.2) is 24.1 Å². The van der Waals surface area contributed by atoms with Gasteiger partial charge in [-0.15, -0.1) is 19.0 Å². The molecule has 0 aromatic heterocycles. The highest BCUT2D eigenvalue weighted by Gasteiger charge is 2.74. The van der Waals surface area contributed by atoms with Gasteiger partial charge in [-0.05, 0) is 13.3 Å². The van der Waals surface area contributed by atoms with Crippen LogP contribution in [0.5, 0.6) is 0 Å². The predicted molar refractivity (Wildman–Crippen MR) is 50.6 cm³/mol. The van der Waals surface area contributed by atoms with E-state index in [1.807, 2.05) is 0 Å². The van der Waals surface area contributed by atoms with Gasteiger partial charge >= 0.3 is 18.0 Å². The second-order valence-corrected chi connectivity index (χ2v) is 3.46. The first kappa shape index (κ1) is 18.9. The Labute approximate surface area is 99.3 Å². The van der Waals surface area contributed by atoms with Crippen molar-refractivity contribution in [2.24, 2.45) is 5.73 Å². The van der Waals surface area contributed by atoms with Crippen molar-refractivity contribution in [1.82, 2.24) is 0 Å². The fraction of sp³-hybridized carbons (Fsp3) is 0.750. The van der Waals surface area contributed by atoms with Gasteiger partial charge < -0.3 is 5.73 Å². The summed E-state index contributed by atoms with van der Waals surface area (Å²) in [6, 6.07) is -2.64. The first-order valence-electron chi connectivity index (χ1n) is 4.06. The zero-order valence-corrected chi connectivity index (χ0v) is 9.44. The summed E-state index contributed by atoms with van der Waals surface area (Å²) in [5.74, 6) is -11.5. The van der Waals surface area contributed by atoms with Gasteiger partial charge in [0, 0.05) is 0 Å². The topological polar surface area (TPSA) is 26.0 Å². The molecule has 0 bridgehead atoms. The molecule has 0 aliphatic rings. The van der Waals surface area contributed by atoms with Crippen LogP contribution < -0.4 is 5.73 Å². The summed E-state index contributed by atoms with van der Waals surface area (Å²) < 4.78 is 85.6. The summed E-state index contributed by atoms with van der Waals surface area (Å²) in [6.07, 6.45) is -7.16. The number of hydrogen-bond acceptors (Lipinski definition) is 1. The number of hydrogen-bond donors (Lipinski definition) is 1. The van der Waals surface area contributed by atoms with E-state index < -0.39 is 30.5 Å². The lowest BCUT2D eigenvalue weighted by Gasteiger charge is -2.32. The van der Waals surface area contributed by atoms with Gasteiger partial charge in [0.25, 0.3) is 0 Å². The van der Waals surface area contributed by atoms with Crippen LogP contribution in [0.1, 0.15) is 13.3 Å². The maximum Gasteiger partial charge on any atom is 0.459 e. The highest BCUT2D eigenvalue weighted by molar-refractivity contribution is 5.85. The van der Waals surface area contributed by atoms with E-state index in [0.717, 1.165) is 0 Å². The van der Waals surface area contributed by atoms with Crippen molar-refractivity contribution in [2.45, 2.75) is 37.4 Å². The molecule has 0 spiro atoms. The van der Waals surface area contributed by atoms with Crippen molar-refractivity contribution in [3.05, 3.63) is 12.2 Å². The van der Waals surface area contributed by atoms with Gasteiger partial charge in [-0.1, -0.05) is 5.57 Å². The first-order chi connectivity index (χ1) is 6.84. The molecule has 0 unspecified atom stereocenters. The predicted octanol–water partition coefficient (Wildman–Crippen LogP) is 3.53. The smallest absolute Gasteiger partial charge is 0.322 e. The van der Waals surface area contributed by atoms with E-state index in [9.17, 15) is 30.7 Å². The largest absolute Gasteiger partial charge is 0.459 e. The summed E-state index contributed by atoms with van der Waals surface area (Å²) in [6.45, 7) is 4.31. The molecule has 0 aromatic carbocycles. The third kappa shape index (κ3) is 3.74. The van der Waals surface area contributed by atoms with Crippen molar-refractivity contribution >= 4 is 12.4 Å². The van der Waals surface area contributed by atoms with E-state index in [0.29, 0.717) is 0 Å². The molecular weight excluding hydrogens is 279 g/mol. The molecule has 9 heteroatoms. The quantitative estimate of drug-likeness (QED) is 0.622. The molecule has 0 rings (SSSR count). The van der Waals surface area contributed by atoms with Crippen LogP contribution in [0.4, 0.5) is 30.7 Å². The Bertz CT molecular complexity index is 274. The van der Waals surface area contributed by atoms with E-state index >= 15 is 0 Å². The van der Waals surface area contributed by atoms with Gasteiger partial charge in [-0.2, -0.15) is 30.7 Å². The molecule has 1 atom stereocenters. The normalized spacial score (nSPS) is 15.1. The van der Waals surface area contributed by atoms with E-state index in [2.05, 4.69) is 12.3 Å². The van der Waals surface area contributed by atoms with Gasteiger partial charge in [0.15, 0.2) is 0 Å². The first-order valence-corrected chi connectivity index (χ1v) is 4.06. The maximum atomic E-state index is 12.8. The molecule has 0 heterocycles. The van der Waals surface area contributed by atoms with Crippen molar-refractivity contribution < 1.29 is 30.7 Å². The molecule has 2 N–H and O–H groups in total. The third-order valence-corrected chi connectivity index (χ3v) is 1.81. The summed E-state index contributed by atoms with van der Waals surface area (Å²) in [5, 5.41) is 0. The Morgan fingerprint density at radius 3 is 1.71 bits per heavy atom. The van der Waals surface area contributed by atoms with Crippen LogP contribution in [0, 0.1) is 0 Å². The molecule has 0 aliphatic carbocycles. The van der Waals surface area contributed by atoms with Crippen molar-refractivity contribution in [1.29, 1.82) is 0 Å². The van der Waals surface area contributed by atoms with Crippen LogP contribution in [0.15, 0.2) is 12.2 Å². The van der Waals surface area contributed by atoms with Crippen LogP contribution in [0.3, 0.4) is 0 Å². The summed E-state index contributed by atoms with van der Waals surface area (Å²) in [5.41, 5.74) is 4.64. The number of alkyl halides is 7. The number of nitrogens with two attached hydrogens (primary N) is 1. The Hall–Kier alpha value is -0.500. The standard InChI is InChI=1S/C8H10F7N.ClH/c1-4(2)3-5(16)6(9,10)7(11,12)8(13,14)15;/h5H,1,3,16H2,2H3;1H/t5-;/m1./s1. The van der Waals surface area contributed by atoms with Gasteiger partial charge in [-0.25, -0.2) is 0 Å². The minimum atomic E-state index is -6.34. The van der Waals surface area contributed by atoms with E-state index in [1.54, 1.807) is 0 Å². The van der Waals surface area contributed by atoms with E-state index in [-0.39, 0.29) is 18.0 Å². The molecule has 0 fully saturated rings. The average molecular weight is 290 g/mol. The lowest BCUT2D eigenvalue weighted by Crippen LogP contribution is -2.60. The second-order valence-electron chi connectivity index (χ2n) is 3.46. The number of halogens is 8. The molecule has 0 saturated carbocycles. The number of rotatable bonds is 4. The SMILES string of the molecule is C=C(C)C[C@@H](N)C(F)(F)C(F)(F)C(F)(F)F.Cl. The van der Waals surface area contributed by atoms with Gasteiger partial charge in [0.2, 0.25) is 0 Å². The van der Waals surface area contributed by atoms with Crippen molar-refractivity contribution in [3.8, 4) is 0 Å². The fourth-order valence-electron chi connectivity index (χ4n) is 0.925. The Morgan fingerprint density at radius 1 is 1.12 bits per heavy atom. The molecule has 0 saturated heterocycles. The summed E-state index contributed by atoms with van der Waals surface area (Å²) >= 11 is 0. The van der Waals surface area contributed by atoms with Gasteiger partial charge in [0.1, 0.15) is 0 Å². The monoisotopic (exact) mass is 289 g/mol. The van der Waals surface area contributed by atoms with Gasteiger partial charge in [0.05, 0.1) is 6.04 Å². The lowest BCUT2D eigenvalue weighted by molar-refractivity contribution is -0.358. The average Bonchev–Trinajstić information content (AvgIpc) is 2.00. The highest BCUT2D eigenvalue weighted by Crippen LogP contribution is 2.48. The van der Waals surface area contributed by atoms with Gasteiger partial charge in [-0.3, -0.25) is 0 Å². The molecule has 17 heavy (non-hydrogen) atoms. The molecule has 0 aliphatic heterocycles. The molecular formula is C8H11ClF7N. The molecule has 0 aromatic rings. The third-order valence-electron chi connectivity index (χ3n) is 1.81. The maximum absolute atomic E-state index is 12.8. The second kappa shape index (κ2) is 5.43. The Balaban J connectivity index is 0. The lowest BCUT2D eigenvalue weighted by atomic mass is 9.98. The van der Waals surface area contributed by atoms with Crippen LogP contribution >= 0.6 is 12.4 Å². The van der Waals surface area contributed by atoms with Crippen LogP contribution in [0.2, 0.25) is 0 Å². The van der Waals surface area contributed by atoms with E-state index in [4.69, 9.17) is 0 Å². The fourth-order valence-corrected chi connectivity index (χ4v) is 0.925. The molecule has 104 valence electrons. The zero-order chi connectivity index (χ0) is 13.4. The highest BCUT2D eigenvalue weighted by atomic mass is 35.5. The molecule has 0 amide bonds. The molecule has 1 nitrogen and oxygen atoms in total. The van der Waals surface area contributed by atoms with Crippen LogP contribution in [0.25, 0.3) is 0 Å². The Morgan fingerprint density at radius 2 is 1.47 bits per heavy atom. The van der Waals surface area contributed by atoms with Crippen molar-refractivity contribution in [3.63, 3.8) is 0 Å². The molecule has 0 radical (unpaired) electrons. The minimum absolute atomic E-state index is 0.